The molecule has 0 spiro atoms. The van der Waals surface area contributed by atoms with E-state index in [1.54, 1.807) is 12.1 Å². The summed E-state index contributed by atoms with van der Waals surface area (Å²) in [6.45, 7) is 9.19. The van der Waals surface area contributed by atoms with Gasteiger partial charge in [-0.3, -0.25) is 8.98 Å². The minimum Gasteiger partial charge on any atom is -0.299 e. The third kappa shape index (κ3) is 5.65. The van der Waals surface area contributed by atoms with Gasteiger partial charge in [0.25, 0.3) is 10.1 Å². The number of rotatable bonds is 10. The molecule has 1 aromatic carbocycles. The molecule has 4 fully saturated rings. The SMILES string of the molecule is CCCCCCCC[C@H]1CC[C@@H]2[C@H]3C(=O)C[C@H]4C[C@@H](OS(=O)(=O)c5ccc(C)cc5)CC[C@]4(C)[C@H]3CC[C@]12C. The third-order valence-electron chi connectivity index (χ3n) is 12.1. The van der Waals surface area contributed by atoms with Crippen LogP contribution in [0.2, 0.25) is 0 Å². The first-order valence-corrected chi connectivity index (χ1v) is 17.5. The fourth-order valence-electron chi connectivity index (χ4n) is 9.67. The molecule has 0 aliphatic heterocycles. The molecule has 4 nitrogen and oxygen atoms in total. The van der Waals surface area contributed by atoms with Crippen LogP contribution in [0.5, 0.6) is 0 Å². The van der Waals surface area contributed by atoms with E-state index < -0.39 is 10.1 Å². The van der Waals surface area contributed by atoms with Crippen molar-refractivity contribution in [1.82, 2.24) is 0 Å². The first-order valence-electron chi connectivity index (χ1n) is 16.1. The van der Waals surface area contributed by atoms with Gasteiger partial charge in [-0.15, -0.1) is 0 Å². The molecule has 0 unspecified atom stereocenters. The number of ketones is 1. The van der Waals surface area contributed by atoms with Crippen LogP contribution < -0.4 is 0 Å². The van der Waals surface area contributed by atoms with Crippen LogP contribution in [0.4, 0.5) is 0 Å². The summed E-state index contributed by atoms with van der Waals surface area (Å²) in [7, 11) is -3.80. The van der Waals surface area contributed by atoms with E-state index in [2.05, 4.69) is 20.8 Å². The molecule has 218 valence electrons. The maximum atomic E-state index is 13.9. The summed E-state index contributed by atoms with van der Waals surface area (Å²) in [4.78, 5) is 14.1. The van der Waals surface area contributed by atoms with Crippen molar-refractivity contribution in [3.63, 3.8) is 0 Å². The summed E-state index contributed by atoms with van der Waals surface area (Å²) in [5.74, 6) is 2.69. The second-order valence-corrected chi connectivity index (χ2v) is 15.8. The zero-order chi connectivity index (χ0) is 27.8. The second-order valence-electron chi connectivity index (χ2n) is 14.2. The number of unbranched alkanes of at least 4 members (excludes halogenated alkanes) is 5. The molecule has 0 radical (unpaired) electrons. The molecule has 5 rings (SSSR count). The molecular formula is C34H52O4S. The number of benzene rings is 1. The van der Waals surface area contributed by atoms with Crippen LogP contribution in [-0.4, -0.2) is 20.3 Å². The fraction of sp³-hybridized carbons (Fsp3) is 0.794. The Morgan fingerprint density at radius 3 is 2.28 bits per heavy atom. The zero-order valence-electron chi connectivity index (χ0n) is 24.9. The average Bonchev–Trinajstić information content (AvgIpc) is 3.23. The minimum atomic E-state index is -3.80. The van der Waals surface area contributed by atoms with E-state index in [0.29, 0.717) is 35.9 Å². The van der Waals surface area contributed by atoms with Gasteiger partial charge in [0.05, 0.1) is 11.0 Å². The third-order valence-corrected chi connectivity index (χ3v) is 13.5. The summed E-state index contributed by atoms with van der Waals surface area (Å²) in [6.07, 6.45) is 17.1. The Balaban J connectivity index is 1.23. The first kappa shape index (κ1) is 29.3. The number of aryl methyl sites for hydroxylation is 1. The van der Waals surface area contributed by atoms with Gasteiger partial charge in [-0.1, -0.05) is 77.0 Å². The number of carbonyl (C=O) groups excluding carboxylic acids is 1. The summed E-state index contributed by atoms with van der Waals surface area (Å²) in [6, 6.07) is 6.89. The molecule has 0 saturated heterocycles. The summed E-state index contributed by atoms with van der Waals surface area (Å²) in [5, 5.41) is 0. The lowest BCUT2D eigenvalue weighted by molar-refractivity contribution is -0.159. The molecule has 5 heteroatoms. The minimum absolute atomic E-state index is 0.116. The first-order chi connectivity index (χ1) is 18.6. The smallest absolute Gasteiger partial charge is 0.297 e. The van der Waals surface area contributed by atoms with E-state index in [0.717, 1.165) is 30.7 Å². The van der Waals surface area contributed by atoms with Crippen molar-refractivity contribution in [2.75, 3.05) is 0 Å². The van der Waals surface area contributed by atoms with Crippen LogP contribution >= 0.6 is 0 Å². The number of carbonyl (C=O) groups is 1. The van der Waals surface area contributed by atoms with Gasteiger partial charge in [0.15, 0.2) is 0 Å². The van der Waals surface area contributed by atoms with Crippen molar-refractivity contribution in [3.8, 4) is 0 Å². The lowest BCUT2D eigenvalue weighted by Gasteiger charge is -2.60. The Morgan fingerprint density at radius 2 is 1.54 bits per heavy atom. The van der Waals surface area contributed by atoms with E-state index in [9.17, 15) is 13.2 Å². The summed E-state index contributed by atoms with van der Waals surface area (Å²) < 4.78 is 31.8. The van der Waals surface area contributed by atoms with Crippen LogP contribution in [0.3, 0.4) is 0 Å². The normalized spacial score (nSPS) is 38.2. The van der Waals surface area contributed by atoms with Gasteiger partial charge in [-0.05, 0) is 105 Å². The van der Waals surface area contributed by atoms with Gasteiger partial charge in [0.1, 0.15) is 5.78 Å². The Labute approximate surface area is 238 Å². The highest BCUT2D eigenvalue weighted by molar-refractivity contribution is 7.86. The lowest BCUT2D eigenvalue weighted by atomic mass is 9.44. The quantitative estimate of drug-likeness (QED) is 0.214. The monoisotopic (exact) mass is 556 g/mol. The molecule has 4 saturated carbocycles. The Kier molecular flexibility index (Phi) is 8.70. The molecule has 1 aromatic rings. The van der Waals surface area contributed by atoms with Crippen molar-refractivity contribution in [1.29, 1.82) is 0 Å². The van der Waals surface area contributed by atoms with Gasteiger partial charge in [0, 0.05) is 12.3 Å². The highest BCUT2D eigenvalue weighted by atomic mass is 32.2. The van der Waals surface area contributed by atoms with Crippen LogP contribution in [0.15, 0.2) is 29.2 Å². The Hall–Kier alpha value is -1.20. The van der Waals surface area contributed by atoms with E-state index in [4.69, 9.17) is 4.18 Å². The topological polar surface area (TPSA) is 60.4 Å². The van der Waals surface area contributed by atoms with Crippen molar-refractivity contribution in [2.45, 2.75) is 135 Å². The molecule has 4 aliphatic rings. The molecule has 0 aromatic heterocycles. The van der Waals surface area contributed by atoms with Crippen molar-refractivity contribution in [3.05, 3.63) is 29.8 Å². The maximum absolute atomic E-state index is 13.9. The molecular weight excluding hydrogens is 504 g/mol. The molecule has 0 heterocycles. The van der Waals surface area contributed by atoms with Crippen molar-refractivity contribution < 1.29 is 17.4 Å². The van der Waals surface area contributed by atoms with Gasteiger partial charge >= 0.3 is 0 Å². The molecule has 39 heavy (non-hydrogen) atoms. The number of fused-ring (bicyclic) bond motifs is 5. The second kappa shape index (κ2) is 11.6. The van der Waals surface area contributed by atoms with E-state index in [1.165, 1.54) is 64.2 Å². The summed E-state index contributed by atoms with van der Waals surface area (Å²) >= 11 is 0. The van der Waals surface area contributed by atoms with Gasteiger partial charge < -0.3 is 0 Å². The van der Waals surface area contributed by atoms with Crippen molar-refractivity contribution in [2.24, 2.45) is 40.4 Å². The molecule has 0 amide bonds. The van der Waals surface area contributed by atoms with E-state index in [-0.39, 0.29) is 28.3 Å². The summed E-state index contributed by atoms with van der Waals surface area (Å²) in [5.41, 5.74) is 1.47. The van der Waals surface area contributed by atoms with Crippen LogP contribution in [0.25, 0.3) is 0 Å². The highest BCUT2D eigenvalue weighted by Crippen LogP contribution is 2.67. The molecule has 0 N–H and O–H groups in total. The van der Waals surface area contributed by atoms with E-state index >= 15 is 0 Å². The van der Waals surface area contributed by atoms with E-state index in [1.807, 2.05) is 19.1 Å². The van der Waals surface area contributed by atoms with Crippen LogP contribution in [-0.2, 0) is 19.1 Å². The number of Topliss-reactive ketones (excluding diaryl/α,β-unsaturated/α-hetero) is 1. The zero-order valence-corrected chi connectivity index (χ0v) is 25.7. The van der Waals surface area contributed by atoms with Gasteiger partial charge in [0.2, 0.25) is 0 Å². The number of hydrogen-bond donors (Lipinski definition) is 0. The standard InChI is InChI=1S/C34H52O4S/c1-5-6-7-8-9-10-11-25-14-17-29-32-30(19-21-33(25,29)3)34(4)20-18-27(22-26(34)23-31(32)35)38-39(36,37)28-15-12-24(2)13-16-28/h12-13,15-16,25-27,29-30,32H,5-11,14,17-23H2,1-4H3/t25-,26+,27-,29+,30-,32+,33+,34-/m0/s1. The predicted molar refractivity (Wildman–Crippen MR) is 157 cm³/mol. The average molecular weight is 557 g/mol. The highest BCUT2D eigenvalue weighted by Gasteiger charge is 2.62. The maximum Gasteiger partial charge on any atom is 0.297 e. The van der Waals surface area contributed by atoms with Crippen LogP contribution in [0, 0.1) is 47.3 Å². The Bertz CT molecular complexity index is 1110. The predicted octanol–water partition coefficient (Wildman–Crippen LogP) is 8.66. The fourth-order valence-corrected chi connectivity index (χ4v) is 10.8. The van der Waals surface area contributed by atoms with Gasteiger partial charge in [-0.25, -0.2) is 0 Å². The van der Waals surface area contributed by atoms with Crippen LogP contribution in [0.1, 0.15) is 123 Å². The number of hydrogen-bond acceptors (Lipinski definition) is 4. The van der Waals surface area contributed by atoms with Crippen molar-refractivity contribution >= 4 is 15.9 Å². The largest absolute Gasteiger partial charge is 0.299 e. The Morgan fingerprint density at radius 1 is 0.872 bits per heavy atom. The molecule has 4 aliphatic carbocycles. The molecule has 0 bridgehead atoms. The lowest BCUT2D eigenvalue weighted by Crippen LogP contribution is -2.57. The van der Waals surface area contributed by atoms with Gasteiger partial charge in [-0.2, -0.15) is 8.42 Å². The molecule has 8 atom stereocenters.